The molecule has 0 atom stereocenters. The molecule has 2 aromatic rings. The van der Waals surface area contributed by atoms with E-state index in [1.807, 2.05) is 18.2 Å². The van der Waals surface area contributed by atoms with Crippen LogP contribution in [-0.4, -0.2) is 33.8 Å². The lowest BCUT2D eigenvalue weighted by Crippen LogP contribution is -2.37. The molecule has 0 saturated carbocycles. The Labute approximate surface area is 162 Å². The molecule has 8 heteroatoms. The number of hydrogen-bond donors (Lipinski definition) is 2. The SMILES string of the molecule is CN=C(NCCc1cc(OC)ccc1OC)NCc1ccc(C(F)(F)F)cc1. The minimum atomic E-state index is -4.33. The molecule has 0 unspecified atom stereocenters. The monoisotopic (exact) mass is 395 g/mol. The Morgan fingerprint density at radius 3 is 2.29 bits per heavy atom. The van der Waals surface area contributed by atoms with Crippen LogP contribution in [0.2, 0.25) is 0 Å². The second-order valence-corrected chi connectivity index (χ2v) is 5.98. The highest BCUT2D eigenvalue weighted by Crippen LogP contribution is 2.29. The number of guanidine groups is 1. The van der Waals surface area contributed by atoms with Crippen molar-refractivity contribution in [3.05, 3.63) is 59.2 Å². The normalized spacial score (nSPS) is 11.9. The number of aliphatic imine (C=N–C) groups is 1. The molecule has 2 rings (SSSR count). The van der Waals surface area contributed by atoms with E-state index in [9.17, 15) is 13.2 Å². The van der Waals surface area contributed by atoms with E-state index in [1.165, 1.54) is 12.1 Å². The standard InChI is InChI=1S/C20H24F3N3O2/c1-24-19(26-13-14-4-6-16(7-5-14)20(21,22)23)25-11-10-15-12-17(27-2)8-9-18(15)28-3/h4-9,12H,10-11,13H2,1-3H3,(H2,24,25,26). The van der Waals surface area contributed by atoms with E-state index in [0.717, 1.165) is 34.8 Å². The van der Waals surface area contributed by atoms with Gasteiger partial charge in [0.05, 0.1) is 19.8 Å². The molecule has 0 aliphatic heterocycles. The van der Waals surface area contributed by atoms with Crippen LogP contribution in [-0.2, 0) is 19.1 Å². The summed E-state index contributed by atoms with van der Waals surface area (Å²) in [6, 6.07) is 10.6. The van der Waals surface area contributed by atoms with E-state index in [0.29, 0.717) is 25.5 Å². The second kappa shape index (κ2) is 9.87. The van der Waals surface area contributed by atoms with E-state index in [-0.39, 0.29) is 0 Å². The molecular formula is C20H24F3N3O2. The smallest absolute Gasteiger partial charge is 0.416 e. The van der Waals surface area contributed by atoms with Gasteiger partial charge in [-0.1, -0.05) is 12.1 Å². The zero-order valence-electron chi connectivity index (χ0n) is 16.1. The number of alkyl halides is 3. The molecule has 28 heavy (non-hydrogen) atoms. The van der Waals surface area contributed by atoms with Crippen LogP contribution in [0.4, 0.5) is 13.2 Å². The predicted molar refractivity (Wildman–Crippen MR) is 103 cm³/mol. The van der Waals surface area contributed by atoms with Crippen molar-refractivity contribution in [2.24, 2.45) is 4.99 Å². The molecule has 0 radical (unpaired) electrons. The molecular weight excluding hydrogens is 371 g/mol. The van der Waals surface area contributed by atoms with Crippen LogP contribution in [0.1, 0.15) is 16.7 Å². The van der Waals surface area contributed by atoms with Crippen LogP contribution in [0.25, 0.3) is 0 Å². The van der Waals surface area contributed by atoms with E-state index in [1.54, 1.807) is 21.3 Å². The fourth-order valence-corrected chi connectivity index (χ4v) is 2.61. The Kier molecular flexibility index (Phi) is 7.54. The van der Waals surface area contributed by atoms with Gasteiger partial charge < -0.3 is 20.1 Å². The van der Waals surface area contributed by atoms with Crippen LogP contribution < -0.4 is 20.1 Å². The molecule has 0 amide bonds. The number of methoxy groups -OCH3 is 2. The van der Waals surface area contributed by atoms with Crippen molar-refractivity contribution in [1.29, 1.82) is 0 Å². The summed E-state index contributed by atoms with van der Waals surface area (Å²) in [5, 5.41) is 6.26. The van der Waals surface area contributed by atoms with Gasteiger partial charge in [-0.15, -0.1) is 0 Å². The summed E-state index contributed by atoms with van der Waals surface area (Å²) in [7, 11) is 4.86. The third kappa shape index (κ3) is 6.07. The Hall–Kier alpha value is -2.90. The minimum Gasteiger partial charge on any atom is -0.497 e. The second-order valence-electron chi connectivity index (χ2n) is 5.98. The summed E-state index contributed by atoms with van der Waals surface area (Å²) in [6.45, 7) is 0.955. The molecule has 0 aliphatic rings. The van der Waals surface area contributed by atoms with E-state index >= 15 is 0 Å². The highest BCUT2D eigenvalue weighted by Gasteiger charge is 2.29. The van der Waals surface area contributed by atoms with Gasteiger partial charge in [0.25, 0.3) is 0 Å². The highest BCUT2D eigenvalue weighted by atomic mass is 19.4. The summed E-state index contributed by atoms with van der Waals surface area (Å²) >= 11 is 0. The maximum Gasteiger partial charge on any atom is 0.416 e. The van der Waals surface area contributed by atoms with Crippen molar-refractivity contribution in [2.75, 3.05) is 27.8 Å². The Morgan fingerprint density at radius 2 is 1.71 bits per heavy atom. The number of nitrogens with one attached hydrogen (secondary N) is 2. The molecule has 0 bridgehead atoms. The van der Waals surface area contributed by atoms with Crippen molar-refractivity contribution in [1.82, 2.24) is 10.6 Å². The minimum absolute atomic E-state index is 0.361. The summed E-state index contributed by atoms with van der Waals surface area (Å²) in [5.74, 6) is 2.08. The van der Waals surface area contributed by atoms with Crippen molar-refractivity contribution in [2.45, 2.75) is 19.1 Å². The summed E-state index contributed by atoms with van der Waals surface area (Å²) < 4.78 is 48.4. The first-order valence-electron chi connectivity index (χ1n) is 8.69. The Bertz CT molecular complexity index is 790. The number of benzene rings is 2. The van der Waals surface area contributed by atoms with Gasteiger partial charge in [0.2, 0.25) is 0 Å². The van der Waals surface area contributed by atoms with Crippen LogP contribution >= 0.6 is 0 Å². The van der Waals surface area contributed by atoms with Gasteiger partial charge in [0.15, 0.2) is 5.96 Å². The summed E-state index contributed by atoms with van der Waals surface area (Å²) in [4.78, 5) is 4.13. The average Bonchev–Trinajstić information content (AvgIpc) is 2.70. The molecule has 0 saturated heterocycles. The van der Waals surface area contributed by atoms with E-state index in [2.05, 4.69) is 15.6 Å². The number of hydrogen-bond acceptors (Lipinski definition) is 3. The van der Waals surface area contributed by atoms with E-state index < -0.39 is 11.7 Å². The summed E-state index contributed by atoms with van der Waals surface area (Å²) in [5.41, 5.74) is 1.06. The Morgan fingerprint density at radius 1 is 1.00 bits per heavy atom. The lowest BCUT2D eigenvalue weighted by atomic mass is 10.1. The third-order valence-corrected chi connectivity index (χ3v) is 4.14. The largest absolute Gasteiger partial charge is 0.497 e. The maximum atomic E-state index is 12.6. The molecule has 0 spiro atoms. The van der Waals surface area contributed by atoms with Gasteiger partial charge in [-0.05, 0) is 47.9 Å². The Balaban J connectivity index is 1.87. The maximum absolute atomic E-state index is 12.6. The van der Waals surface area contributed by atoms with Crippen molar-refractivity contribution >= 4 is 5.96 Å². The first kappa shape index (κ1) is 21.4. The van der Waals surface area contributed by atoms with E-state index in [4.69, 9.17) is 9.47 Å². The topological polar surface area (TPSA) is 54.9 Å². The first-order valence-corrected chi connectivity index (χ1v) is 8.69. The molecule has 0 aliphatic carbocycles. The van der Waals surface area contributed by atoms with Crippen LogP contribution in [0.15, 0.2) is 47.5 Å². The summed E-state index contributed by atoms with van der Waals surface area (Å²) in [6.07, 6.45) is -3.65. The molecule has 152 valence electrons. The first-order chi connectivity index (χ1) is 13.4. The van der Waals surface area contributed by atoms with Crippen LogP contribution in [0.5, 0.6) is 11.5 Å². The molecule has 2 N–H and O–H groups in total. The van der Waals surface area contributed by atoms with Crippen LogP contribution in [0, 0.1) is 0 Å². The van der Waals surface area contributed by atoms with Crippen molar-refractivity contribution in [3.8, 4) is 11.5 Å². The third-order valence-electron chi connectivity index (χ3n) is 4.14. The highest BCUT2D eigenvalue weighted by molar-refractivity contribution is 5.79. The van der Waals surface area contributed by atoms with Gasteiger partial charge in [-0.25, -0.2) is 0 Å². The lowest BCUT2D eigenvalue weighted by molar-refractivity contribution is -0.137. The van der Waals surface area contributed by atoms with Crippen LogP contribution in [0.3, 0.4) is 0 Å². The predicted octanol–water partition coefficient (Wildman–Crippen LogP) is 3.63. The fourth-order valence-electron chi connectivity index (χ4n) is 2.61. The van der Waals surface area contributed by atoms with Gasteiger partial charge in [-0.2, -0.15) is 13.2 Å². The number of halogens is 3. The molecule has 0 fully saturated rings. The van der Waals surface area contributed by atoms with Gasteiger partial charge in [-0.3, -0.25) is 4.99 Å². The van der Waals surface area contributed by atoms with Crippen molar-refractivity contribution in [3.63, 3.8) is 0 Å². The average molecular weight is 395 g/mol. The quantitative estimate of drug-likeness (QED) is 0.555. The fraction of sp³-hybridized carbons (Fsp3) is 0.350. The van der Waals surface area contributed by atoms with Crippen molar-refractivity contribution < 1.29 is 22.6 Å². The molecule has 0 heterocycles. The van der Waals surface area contributed by atoms with Gasteiger partial charge in [0, 0.05) is 20.1 Å². The lowest BCUT2D eigenvalue weighted by Gasteiger charge is -2.14. The zero-order chi connectivity index (χ0) is 20.6. The number of nitrogens with zero attached hydrogens (tertiary/aromatic N) is 1. The van der Waals surface area contributed by atoms with Gasteiger partial charge >= 0.3 is 6.18 Å². The molecule has 2 aromatic carbocycles. The zero-order valence-corrected chi connectivity index (χ0v) is 16.1. The molecule has 0 aromatic heterocycles. The molecule has 5 nitrogen and oxygen atoms in total. The number of ether oxygens (including phenoxy) is 2. The number of rotatable bonds is 7. The van der Waals surface area contributed by atoms with Gasteiger partial charge in [0.1, 0.15) is 11.5 Å².